The number of nitrogens with one attached hydrogen (secondary N) is 2. The maximum atomic E-state index is 11.6. The van der Waals surface area contributed by atoms with Crippen LogP contribution in [0.5, 0.6) is 0 Å². The van der Waals surface area contributed by atoms with E-state index in [-0.39, 0.29) is 18.0 Å². The third kappa shape index (κ3) is 4.75. The molecule has 18 heavy (non-hydrogen) atoms. The van der Waals surface area contributed by atoms with Crippen molar-refractivity contribution in [3.05, 3.63) is 27.7 Å². The molecule has 0 aliphatic rings. The molecule has 0 saturated carbocycles. The van der Waals surface area contributed by atoms with Crippen molar-refractivity contribution in [2.75, 3.05) is 11.9 Å². The number of hydrogen-bond donors (Lipinski definition) is 2. The Kier molecular flexibility index (Phi) is 4.88. The second-order valence-electron chi connectivity index (χ2n) is 5.23. The largest absolute Gasteiger partial charge is 0.375 e. The first-order chi connectivity index (χ1) is 8.19. The first-order valence-corrected chi connectivity index (χ1v) is 6.45. The molecule has 0 spiro atoms. The lowest BCUT2D eigenvalue weighted by atomic mass is 10.1. The zero-order valence-corrected chi connectivity index (χ0v) is 12.5. The second-order valence-corrected chi connectivity index (χ2v) is 6.05. The van der Waals surface area contributed by atoms with Crippen LogP contribution < -0.4 is 10.6 Å². The predicted molar refractivity (Wildman–Crippen MR) is 77.6 cm³/mol. The summed E-state index contributed by atoms with van der Waals surface area (Å²) in [5.41, 5.74) is 1.33. The van der Waals surface area contributed by atoms with Crippen molar-refractivity contribution in [3.63, 3.8) is 0 Å². The number of hydrogen-bond acceptors (Lipinski definition) is 2. The Bertz CT molecular complexity index is 453. The van der Waals surface area contributed by atoms with Crippen LogP contribution in [0, 0.1) is 6.92 Å². The molecule has 0 aliphatic carbocycles. The fourth-order valence-corrected chi connectivity index (χ4v) is 1.87. The Morgan fingerprint density at radius 3 is 2.39 bits per heavy atom. The van der Waals surface area contributed by atoms with Gasteiger partial charge < -0.3 is 10.6 Å². The van der Waals surface area contributed by atoms with E-state index < -0.39 is 0 Å². The molecule has 0 unspecified atom stereocenters. The van der Waals surface area contributed by atoms with Gasteiger partial charge in [0.1, 0.15) is 0 Å². The Balaban J connectivity index is 2.64. The molecule has 0 atom stereocenters. The van der Waals surface area contributed by atoms with Gasteiger partial charge in [-0.25, -0.2) is 0 Å². The summed E-state index contributed by atoms with van der Waals surface area (Å²) in [6.45, 7) is 7.84. The van der Waals surface area contributed by atoms with E-state index in [9.17, 15) is 4.79 Å². The highest BCUT2D eigenvalue weighted by Gasteiger charge is 2.13. The highest BCUT2D eigenvalue weighted by Crippen LogP contribution is 2.28. The molecule has 0 aliphatic heterocycles. The molecule has 100 valence electrons. The monoisotopic (exact) mass is 288 g/mol. The third-order valence-electron chi connectivity index (χ3n) is 2.20. The van der Waals surface area contributed by atoms with Gasteiger partial charge in [-0.1, -0.05) is 23.2 Å². The van der Waals surface area contributed by atoms with Gasteiger partial charge in [-0.15, -0.1) is 0 Å². The molecule has 3 nitrogen and oxygen atoms in total. The standard InChI is InChI=1S/C13H18Cl2N2O/c1-8-5-10(15)11(6-9(8)14)16-7-12(18)17-13(2,3)4/h5-6,16H,7H2,1-4H3,(H,17,18). The van der Waals surface area contributed by atoms with Crippen LogP contribution in [0.4, 0.5) is 5.69 Å². The molecular weight excluding hydrogens is 271 g/mol. The number of amides is 1. The van der Waals surface area contributed by atoms with E-state index in [1.165, 1.54) is 0 Å². The zero-order valence-electron chi connectivity index (χ0n) is 11.0. The van der Waals surface area contributed by atoms with E-state index in [0.717, 1.165) is 5.56 Å². The predicted octanol–water partition coefficient (Wildman–Crippen LogP) is 3.63. The third-order valence-corrected chi connectivity index (χ3v) is 2.92. The lowest BCUT2D eigenvalue weighted by Gasteiger charge is -2.21. The minimum absolute atomic E-state index is 0.0877. The number of halogens is 2. The van der Waals surface area contributed by atoms with Gasteiger partial charge in [0, 0.05) is 10.6 Å². The molecule has 0 fully saturated rings. The van der Waals surface area contributed by atoms with Crippen LogP contribution in [0.15, 0.2) is 12.1 Å². The molecule has 5 heteroatoms. The van der Waals surface area contributed by atoms with Gasteiger partial charge in [-0.05, 0) is 45.4 Å². The van der Waals surface area contributed by atoms with Gasteiger partial charge in [0.25, 0.3) is 0 Å². The molecule has 0 bridgehead atoms. The molecule has 0 aromatic heterocycles. The summed E-state index contributed by atoms with van der Waals surface area (Å²) in [4.78, 5) is 11.6. The minimum atomic E-state index is -0.243. The van der Waals surface area contributed by atoms with Gasteiger partial charge in [0.2, 0.25) is 5.91 Å². The van der Waals surface area contributed by atoms with Gasteiger partial charge in [-0.3, -0.25) is 4.79 Å². The fourth-order valence-electron chi connectivity index (χ4n) is 1.42. The summed E-state index contributed by atoms with van der Waals surface area (Å²) in [6.07, 6.45) is 0. The summed E-state index contributed by atoms with van der Waals surface area (Å²) in [5.74, 6) is -0.0877. The summed E-state index contributed by atoms with van der Waals surface area (Å²) in [7, 11) is 0. The average Bonchev–Trinajstić information content (AvgIpc) is 2.19. The molecule has 0 radical (unpaired) electrons. The van der Waals surface area contributed by atoms with Crippen molar-refractivity contribution in [2.24, 2.45) is 0 Å². The van der Waals surface area contributed by atoms with Crippen LogP contribution in [-0.4, -0.2) is 18.0 Å². The Hall–Kier alpha value is -0.930. The number of aryl methyl sites for hydroxylation is 1. The van der Waals surface area contributed by atoms with Crippen LogP contribution >= 0.6 is 23.2 Å². The van der Waals surface area contributed by atoms with Crippen molar-refractivity contribution in [3.8, 4) is 0 Å². The Labute approximate surface area is 118 Å². The Morgan fingerprint density at radius 2 is 1.83 bits per heavy atom. The van der Waals surface area contributed by atoms with Gasteiger partial charge in [0.15, 0.2) is 0 Å². The number of benzene rings is 1. The molecule has 1 rings (SSSR count). The van der Waals surface area contributed by atoms with Crippen LogP contribution in [-0.2, 0) is 4.79 Å². The number of anilines is 1. The number of carbonyl (C=O) groups excluding carboxylic acids is 1. The summed E-state index contributed by atoms with van der Waals surface area (Å²) >= 11 is 12.1. The maximum Gasteiger partial charge on any atom is 0.239 e. The summed E-state index contributed by atoms with van der Waals surface area (Å²) in [6, 6.07) is 3.50. The normalized spacial score (nSPS) is 11.2. The van der Waals surface area contributed by atoms with Crippen LogP contribution in [0.1, 0.15) is 26.3 Å². The van der Waals surface area contributed by atoms with E-state index in [0.29, 0.717) is 15.7 Å². The van der Waals surface area contributed by atoms with Crippen molar-refractivity contribution >= 4 is 34.8 Å². The summed E-state index contributed by atoms with van der Waals surface area (Å²) < 4.78 is 0. The zero-order chi connectivity index (χ0) is 13.9. The lowest BCUT2D eigenvalue weighted by molar-refractivity contribution is -0.120. The highest BCUT2D eigenvalue weighted by molar-refractivity contribution is 6.35. The van der Waals surface area contributed by atoms with Crippen molar-refractivity contribution < 1.29 is 4.79 Å². The van der Waals surface area contributed by atoms with E-state index in [2.05, 4.69) is 10.6 Å². The van der Waals surface area contributed by atoms with Crippen LogP contribution in [0.2, 0.25) is 10.0 Å². The van der Waals surface area contributed by atoms with E-state index in [4.69, 9.17) is 23.2 Å². The topological polar surface area (TPSA) is 41.1 Å². The van der Waals surface area contributed by atoms with Gasteiger partial charge in [0.05, 0.1) is 17.3 Å². The maximum absolute atomic E-state index is 11.6. The van der Waals surface area contributed by atoms with Crippen molar-refractivity contribution in [1.29, 1.82) is 0 Å². The molecule has 1 amide bonds. The quantitative estimate of drug-likeness (QED) is 0.892. The van der Waals surface area contributed by atoms with E-state index in [1.807, 2.05) is 27.7 Å². The van der Waals surface area contributed by atoms with Crippen LogP contribution in [0.3, 0.4) is 0 Å². The van der Waals surface area contributed by atoms with Crippen molar-refractivity contribution in [1.82, 2.24) is 5.32 Å². The van der Waals surface area contributed by atoms with E-state index >= 15 is 0 Å². The summed E-state index contributed by atoms with van der Waals surface area (Å²) in [5, 5.41) is 7.01. The SMILES string of the molecule is Cc1cc(Cl)c(NCC(=O)NC(C)(C)C)cc1Cl. The number of rotatable bonds is 3. The smallest absolute Gasteiger partial charge is 0.239 e. The van der Waals surface area contributed by atoms with Crippen molar-refractivity contribution in [2.45, 2.75) is 33.2 Å². The number of carbonyl (C=O) groups is 1. The lowest BCUT2D eigenvalue weighted by Crippen LogP contribution is -2.43. The minimum Gasteiger partial charge on any atom is -0.375 e. The molecule has 0 saturated heterocycles. The molecule has 1 aromatic rings. The first kappa shape index (κ1) is 15.1. The second kappa shape index (κ2) is 5.81. The van der Waals surface area contributed by atoms with Crippen LogP contribution in [0.25, 0.3) is 0 Å². The molecular formula is C13H18Cl2N2O. The first-order valence-electron chi connectivity index (χ1n) is 5.69. The highest BCUT2D eigenvalue weighted by atomic mass is 35.5. The molecule has 0 heterocycles. The van der Waals surface area contributed by atoms with E-state index in [1.54, 1.807) is 12.1 Å². The molecule has 2 N–H and O–H groups in total. The average molecular weight is 289 g/mol. The Morgan fingerprint density at radius 1 is 1.22 bits per heavy atom. The fraction of sp³-hybridized carbons (Fsp3) is 0.462. The molecule has 1 aromatic carbocycles. The van der Waals surface area contributed by atoms with Gasteiger partial charge >= 0.3 is 0 Å². The van der Waals surface area contributed by atoms with Gasteiger partial charge in [-0.2, -0.15) is 0 Å².